The molecule has 0 aliphatic carbocycles. The van der Waals surface area contributed by atoms with Crippen LogP contribution in [-0.2, 0) is 4.79 Å². The van der Waals surface area contributed by atoms with Gasteiger partial charge in [0.1, 0.15) is 0 Å². The van der Waals surface area contributed by atoms with Crippen molar-refractivity contribution >= 4 is 17.7 Å². The van der Waals surface area contributed by atoms with E-state index in [1.54, 1.807) is 11.8 Å². The van der Waals surface area contributed by atoms with Crippen molar-refractivity contribution in [3.05, 3.63) is 0 Å². The Morgan fingerprint density at radius 1 is 1.65 bits per heavy atom. The lowest BCUT2D eigenvalue weighted by atomic mass is 9.81. The molecule has 1 heterocycles. The van der Waals surface area contributed by atoms with E-state index in [1.165, 1.54) is 0 Å². The van der Waals surface area contributed by atoms with Crippen molar-refractivity contribution in [1.82, 2.24) is 10.6 Å². The number of thioether (sulfide) groups is 1. The highest BCUT2D eigenvalue weighted by atomic mass is 32.2. The van der Waals surface area contributed by atoms with E-state index in [-0.39, 0.29) is 11.3 Å². The van der Waals surface area contributed by atoms with E-state index in [0.717, 1.165) is 50.4 Å². The summed E-state index contributed by atoms with van der Waals surface area (Å²) in [5.41, 5.74) is -0.161. The summed E-state index contributed by atoms with van der Waals surface area (Å²) < 4.78 is 0. The first-order valence-electron chi connectivity index (χ1n) is 6.25. The molecule has 1 aliphatic heterocycles. The van der Waals surface area contributed by atoms with Crippen LogP contribution in [0.1, 0.15) is 26.2 Å². The fourth-order valence-corrected chi connectivity index (χ4v) is 2.81. The second-order valence-electron chi connectivity index (χ2n) is 4.47. The van der Waals surface area contributed by atoms with E-state index in [4.69, 9.17) is 6.42 Å². The number of rotatable bonds is 7. The summed E-state index contributed by atoms with van der Waals surface area (Å²) in [6, 6.07) is 0. The number of hydrogen-bond donors (Lipinski definition) is 2. The number of hydrogen-bond acceptors (Lipinski definition) is 3. The van der Waals surface area contributed by atoms with Gasteiger partial charge in [0.05, 0.1) is 11.2 Å². The predicted octanol–water partition coefficient (Wildman–Crippen LogP) is 1.25. The van der Waals surface area contributed by atoms with E-state index >= 15 is 0 Å². The molecule has 17 heavy (non-hydrogen) atoms. The van der Waals surface area contributed by atoms with Crippen LogP contribution in [0.5, 0.6) is 0 Å². The van der Waals surface area contributed by atoms with Gasteiger partial charge in [-0.25, -0.2) is 0 Å². The third-order valence-corrected chi connectivity index (χ3v) is 4.03. The minimum absolute atomic E-state index is 0.161. The molecule has 1 aliphatic rings. The summed E-state index contributed by atoms with van der Waals surface area (Å²) in [5, 5.41) is 6.34. The van der Waals surface area contributed by atoms with Crippen LogP contribution in [0, 0.1) is 17.8 Å². The SMILES string of the molecule is C#CCSCCNC(=O)C1(CCC)CCNC1. The maximum Gasteiger partial charge on any atom is 0.227 e. The van der Waals surface area contributed by atoms with E-state index in [1.807, 2.05) is 0 Å². The Bertz CT molecular complexity index is 280. The van der Waals surface area contributed by atoms with E-state index < -0.39 is 0 Å². The second kappa shape index (κ2) is 7.62. The topological polar surface area (TPSA) is 41.1 Å². The van der Waals surface area contributed by atoms with Gasteiger partial charge >= 0.3 is 0 Å². The van der Waals surface area contributed by atoms with Crippen molar-refractivity contribution in [2.45, 2.75) is 26.2 Å². The lowest BCUT2D eigenvalue weighted by Gasteiger charge is -2.26. The first-order valence-corrected chi connectivity index (χ1v) is 7.41. The van der Waals surface area contributed by atoms with E-state index in [2.05, 4.69) is 23.5 Å². The Morgan fingerprint density at radius 2 is 2.47 bits per heavy atom. The third-order valence-electron chi connectivity index (χ3n) is 3.17. The van der Waals surface area contributed by atoms with Crippen molar-refractivity contribution in [1.29, 1.82) is 0 Å². The smallest absolute Gasteiger partial charge is 0.227 e. The van der Waals surface area contributed by atoms with Gasteiger partial charge in [-0.1, -0.05) is 19.3 Å². The van der Waals surface area contributed by atoms with Crippen LogP contribution in [-0.4, -0.2) is 37.0 Å². The lowest BCUT2D eigenvalue weighted by molar-refractivity contribution is -0.130. The molecule has 96 valence electrons. The first kappa shape index (κ1) is 14.4. The maximum absolute atomic E-state index is 12.2. The Labute approximate surface area is 108 Å². The molecule has 1 atom stereocenters. The largest absolute Gasteiger partial charge is 0.355 e. The van der Waals surface area contributed by atoms with Gasteiger partial charge in [0.2, 0.25) is 5.91 Å². The van der Waals surface area contributed by atoms with Crippen LogP contribution in [0.4, 0.5) is 0 Å². The zero-order valence-electron chi connectivity index (χ0n) is 10.6. The monoisotopic (exact) mass is 254 g/mol. The molecule has 1 rings (SSSR count). The highest BCUT2D eigenvalue weighted by Crippen LogP contribution is 2.31. The first-order chi connectivity index (χ1) is 8.25. The molecular weight excluding hydrogens is 232 g/mol. The van der Waals surface area contributed by atoms with Gasteiger partial charge in [0, 0.05) is 18.8 Å². The van der Waals surface area contributed by atoms with E-state index in [0.29, 0.717) is 0 Å². The molecule has 0 bridgehead atoms. The maximum atomic E-state index is 12.2. The molecule has 1 fully saturated rings. The van der Waals surface area contributed by atoms with Gasteiger partial charge in [-0.15, -0.1) is 18.2 Å². The number of nitrogens with one attached hydrogen (secondary N) is 2. The Hall–Kier alpha value is -0.660. The average molecular weight is 254 g/mol. The molecule has 4 heteroatoms. The molecular formula is C13H22N2OS. The quantitative estimate of drug-likeness (QED) is 0.531. The number of amides is 1. The van der Waals surface area contributed by atoms with Crippen molar-refractivity contribution < 1.29 is 4.79 Å². The second-order valence-corrected chi connectivity index (χ2v) is 5.57. The van der Waals surface area contributed by atoms with Crippen LogP contribution in [0.15, 0.2) is 0 Å². The molecule has 3 nitrogen and oxygen atoms in total. The Kier molecular flexibility index (Phi) is 6.46. The molecule has 0 aromatic rings. The highest BCUT2D eigenvalue weighted by molar-refractivity contribution is 7.99. The van der Waals surface area contributed by atoms with Crippen molar-refractivity contribution in [3.8, 4) is 12.3 Å². The van der Waals surface area contributed by atoms with Crippen LogP contribution in [0.25, 0.3) is 0 Å². The number of carbonyl (C=O) groups excluding carboxylic acids is 1. The van der Waals surface area contributed by atoms with Crippen LogP contribution < -0.4 is 10.6 Å². The summed E-state index contributed by atoms with van der Waals surface area (Å²) in [6.45, 7) is 4.64. The average Bonchev–Trinajstić information content (AvgIpc) is 2.79. The van der Waals surface area contributed by atoms with Gasteiger partial charge in [-0.05, 0) is 19.4 Å². The minimum Gasteiger partial charge on any atom is -0.355 e. The fraction of sp³-hybridized carbons (Fsp3) is 0.769. The highest BCUT2D eigenvalue weighted by Gasteiger charge is 2.39. The van der Waals surface area contributed by atoms with Crippen molar-refractivity contribution in [3.63, 3.8) is 0 Å². The van der Waals surface area contributed by atoms with Gasteiger partial charge in [-0.2, -0.15) is 0 Å². The Balaban J connectivity index is 2.31. The van der Waals surface area contributed by atoms with Gasteiger partial charge in [0.25, 0.3) is 0 Å². The molecule has 0 saturated carbocycles. The van der Waals surface area contributed by atoms with Crippen molar-refractivity contribution in [2.24, 2.45) is 5.41 Å². The number of carbonyl (C=O) groups is 1. The fourth-order valence-electron chi connectivity index (χ4n) is 2.30. The predicted molar refractivity (Wildman–Crippen MR) is 74.0 cm³/mol. The summed E-state index contributed by atoms with van der Waals surface area (Å²) in [4.78, 5) is 12.2. The van der Waals surface area contributed by atoms with Crippen LogP contribution >= 0.6 is 11.8 Å². The molecule has 1 saturated heterocycles. The van der Waals surface area contributed by atoms with Gasteiger partial charge in [-0.3, -0.25) is 4.79 Å². The van der Waals surface area contributed by atoms with Crippen molar-refractivity contribution in [2.75, 3.05) is 31.1 Å². The zero-order valence-corrected chi connectivity index (χ0v) is 11.4. The molecule has 0 aromatic carbocycles. The molecule has 2 N–H and O–H groups in total. The summed E-state index contributed by atoms with van der Waals surface area (Å²) >= 11 is 1.68. The standard InChI is InChI=1S/C13H22N2OS/c1-3-5-13(6-7-14-11-13)12(16)15-8-10-17-9-4-2/h2,14H,3,5-11H2,1H3,(H,15,16). The Morgan fingerprint density at radius 3 is 3.06 bits per heavy atom. The molecule has 1 unspecified atom stereocenters. The summed E-state index contributed by atoms with van der Waals surface area (Å²) in [7, 11) is 0. The molecule has 0 radical (unpaired) electrons. The summed E-state index contributed by atoms with van der Waals surface area (Å²) in [6.07, 6.45) is 8.16. The minimum atomic E-state index is -0.161. The van der Waals surface area contributed by atoms with Gasteiger partial charge in [0.15, 0.2) is 0 Å². The third kappa shape index (κ3) is 4.25. The normalized spacial score (nSPS) is 23.3. The number of terminal acetylenes is 1. The van der Waals surface area contributed by atoms with E-state index in [9.17, 15) is 4.79 Å². The summed E-state index contributed by atoms with van der Waals surface area (Å²) in [5.74, 6) is 4.41. The molecule has 0 spiro atoms. The van der Waals surface area contributed by atoms with Crippen LogP contribution in [0.3, 0.4) is 0 Å². The van der Waals surface area contributed by atoms with Crippen LogP contribution in [0.2, 0.25) is 0 Å². The van der Waals surface area contributed by atoms with Gasteiger partial charge < -0.3 is 10.6 Å². The molecule has 0 aromatic heterocycles. The lowest BCUT2D eigenvalue weighted by Crippen LogP contribution is -2.43. The molecule has 1 amide bonds. The zero-order chi connectivity index (χ0) is 12.6.